The van der Waals surface area contributed by atoms with E-state index in [1.807, 2.05) is 0 Å². The number of hydrogen-bond donors (Lipinski definition) is 2. The third-order valence-electron chi connectivity index (χ3n) is 2.37. The fourth-order valence-electron chi connectivity index (χ4n) is 1.60. The van der Waals surface area contributed by atoms with Crippen molar-refractivity contribution in [1.82, 2.24) is 10.6 Å². The summed E-state index contributed by atoms with van der Waals surface area (Å²) in [6, 6.07) is 0.0232. The van der Waals surface area contributed by atoms with E-state index in [1.54, 1.807) is 0 Å². The van der Waals surface area contributed by atoms with E-state index < -0.39 is 0 Å². The van der Waals surface area contributed by atoms with Gasteiger partial charge < -0.3 is 15.4 Å². The highest BCUT2D eigenvalue weighted by Crippen LogP contribution is 2.04. The Morgan fingerprint density at radius 1 is 1.60 bits per heavy atom. The summed E-state index contributed by atoms with van der Waals surface area (Å²) in [7, 11) is 0. The van der Waals surface area contributed by atoms with E-state index in [0.717, 1.165) is 26.0 Å². The predicted octanol–water partition coefficient (Wildman–Crippen LogP) is 0.527. The summed E-state index contributed by atoms with van der Waals surface area (Å²) in [5.41, 5.74) is 0. The SMILES string of the molecule is CC(C)COCCNC(=O)C1CCCN1. The second kappa shape index (κ2) is 6.80. The van der Waals surface area contributed by atoms with Crippen molar-refractivity contribution in [2.24, 2.45) is 5.92 Å². The topological polar surface area (TPSA) is 50.4 Å². The summed E-state index contributed by atoms with van der Waals surface area (Å²) in [5, 5.41) is 6.03. The van der Waals surface area contributed by atoms with Gasteiger partial charge >= 0.3 is 0 Å². The van der Waals surface area contributed by atoms with E-state index in [0.29, 0.717) is 19.1 Å². The minimum absolute atomic E-state index is 0.0232. The fourth-order valence-corrected chi connectivity index (χ4v) is 1.60. The Balaban J connectivity index is 1.97. The zero-order chi connectivity index (χ0) is 11.1. The lowest BCUT2D eigenvalue weighted by atomic mass is 10.2. The largest absolute Gasteiger partial charge is 0.379 e. The van der Waals surface area contributed by atoms with Gasteiger partial charge in [0, 0.05) is 13.2 Å². The van der Waals surface area contributed by atoms with E-state index in [2.05, 4.69) is 24.5 Å². The molecule has 4 heteroatoms. The number of hydrogen-bond acceptors (Lipinski definition) is 3. The molecule has 1 unspecified atom stereocenters. The Kier molecular flexibility index (Phi) is 5.65. The molecule has 1 aliphatic heterocycles. The van der Waals surface area contributed by atoms with Crippen molar-refractivity contribution in [3.05, 3.63) is 0 Å². The normalized spacial score (nSPS) is 20.9. The Morgan fingerprint density at radius 3 is 3.00 bits per heavy atom. The van der Waals surface area contributed by atoms with Crippen molar-refractivity contribution in [3.8, 4) is 0 Å². The maximum Gasteiger partial charge on any atom is 0.237 e. The highest BCUT2D eigenvalue weighted by atomic mass is 16.5. The van der Waals surface area contributed by atoms with E-state index in [9.17, 15) is 4.79 Å². The maximum atomic E-state index is 11.5. The van der Waals surface area contributed by atoms with Gasteiger partial charge in [-0.05, 0) is 25.3 Å². The first-order chi connectivity index (χ1) is 7.20. The Morgan fingerprint density at radius 2 is 2.40 bits per heavy atom. The van der Waals surface area contributed by atoms with E-state index in [-0.39, 0.29) is 11.9 Å². The molecule has 4 nitrogen and oxygen atoms in total. The van der Waals surface area contributed by atoms with Crippen molar-refractivity contribution in [1.29, 1.82) is 0 Å². The zero-order valence-corrected chi connectivity index (χ0v) is 9.71. The Labute approximate surface area is 91.8 Å². The van der Waals surface area contributed by atoms with Gasteiger partial charge in [-0.1, -0.05) is 13.8 Å². The molecule has 1 atom stereocenters. The highest BCUT2D eigenvalue weighted by Gasteiger charge is 2.20. The Bertz CT molecular complexity index is 189. The van der Waals surface area contributed by atoms with E-state index in [4.69, 9.17) is 4.74 Å². The quantitative estimate of drug-likeness (QED) is 0.634. The highest BCUT2D eigenvalue weighted by molar-refractivity contribution is 5.81. The summed E-state index contributed by atoms with van der Waals surface area (Å²) < 4.78 is 5.37. The molecule has 0 bridgehead atoms. The van der Waals surface area contributed by atoms with Crippen molar-refractivity contribution in [3.63, 3.8) is 0 Å². The van der Waals surface area contributed by atoms with Crippen molar-refractivity contribution >= 4 is 5.91 Å². The van der Waals surface area contributed by atoms with Crippen LogP contribution in [0, 0.1) is 5.92 Å². The van der Waals surface area contributed by atoms with Crippen LogP contribution in [0.4, 0.5) is 0 Å². The van der Waals surface area contributed by atoms with Gasteiger partial charge in [0.05, 0.1) is 12.6 Å². The second-order valence-corrected chi connectivity index (χ2v) is 4.41. The molecule has 0 aromatic heterocycles. The summed E-state index contributed by atoms with van der Waals surface area (Å²) in [6.07, 6.45) is 2.06. The maximum absolute atomic E-state index is 11.5. The molecule has 0 spiro atoms. The molecule has 1 amide bonds. The first-order valence-corrected chi connectivity index (χ1v) is 5.79. The number of nitrogens with one attached hydrogen (secondary N) is 2. The van der Waals surface area contributed by atoms with Crippen molar-refractivity contribution in [2.75, 3.05) is 26.3 Å². The number of rotatable bonds is 6. The molecule has 0 radical (unpaired) electrons. The molecular weight excluding hydrogens is 192 g/mol. The molecule has 15 heavy (non-hydrogen) atoms. The number of carbonyl (C=O) groups excluding carboxylic acids is 1. The lowest BCUT2D eigenvalue weighted by Gasteiger charge is -2.11. The standard InChI is InChI=1S/C11H22N2O2/c1-9(2)8-15-7-6-13-11(14)10-4-3-5-12-10/h9-10,12H,3-8H2,1-2H3,(H,13,14). The molecule has 0 aromatic rings. The third-order valence-corrected chi connectivity index (χ3v) is 2.37. The molecule has 1 rings (SSSR count). The van der Waals surface area contributed by atoms with Crippen LogP contribution in [0.2, 0.25) is 0 Å². The molecule has 0 aliphatic carbocycles. The van der Waals surface area contributed by atoms with Crippen LogP contribution in [-0.4, -0.2) is 38.3 Å². The molecule has 1 saturated heterocycles. The predicted molar refractivity (Wildman–Crippen MR) is 59.7 cm³/mol. The first kappa shape index (κ1) is 12.5. The van der Waals surface area contributed by atoms with E-state index >= 15 is 0 Å². The fraction of sp³-hybridized carbons (Fsp3) is 0.909. The number of amides is 1. The second-order valence-electron chi connectivity index (χ2n) is 4.41. The molecular formula is C11H22N2O2. The number of ether oxygens (including phenoxy) is 1. The lowest BCUT2D eigenvalue weighted by molar-refractivity contribution is -0.123. The minimum Gasteiger partial charge on any atom is -0.379 e. The summed E-state index contributed by atoms with van der Waals surface area (Å²) in [6.45, 7) is 7.17. The smallest absolute Gasteiger partial charge is 0.237 e. The van der Waals surface area contributed by atoms with Gasteiger partial charge in [-0.15, -0.1) is 0 Å². The number of carbonyl (C=O) groups is 1. The van der Waals surface area contributed by atoms with Gasteiger partial charge in [-0.3, -0.25) is 4.79 Å². The van der Waals surface area contributed by atoms with Crippen LogP contribution in [-0.2, 0) is 9.53 Å². The van der Waals surface area contributed by atoms with Crippen LogP contribution in [0.1, 0.15) is 26.7 Å². The minimum atomic E-state index is 0.0232. The van der Waals surface area contributed by atoms with Crippen LogP contribution >= 0.6 is 0 Å². The van der Waals surface area contributed by atoms with Gasteiger partial charge in [0.25, 0.3) is 0 Å². The van der Waals surface area contributed by atoms with Crippen molar-refractivity contribution in [2.45, 2.75) is 32.7 Å². The summed E-state index contributed by atoms with van der Waals surface area (Å²) in [4.78, 5) is 11.5. The Hall–Kier alpha value is -0.610. The van der Waals surface area contributed by atoms with Gasteiger partial charge in [-0.25, -0.2) is 0 Å². The summed E-state index contributed by atoms with van der Waals surface area (Å²) in [5.74, 6) is 0.665. The molecule has 1 fully saturated rings. The molecule has 0 aromatic carbocycles. The van der Waals surface area contributed by atoms with Crippen LogP contribution in [0.25, 0.3) is 0 Å². The molecule has 1 aliphatic rings. The zero-order valence-electron chi connectivity index (χ0n) is 9.71. The van der Waals surface area contributed by atoms with Gasteiger partial charge in [0.2, 0.25) is 5.91 Å². The van der Waals surface area contributed by atoms with Crippen LogP contribution in [0.3, 0.4) is 0 Å². The van der Waals surface area contributed by atoms with Gasteiger partial charge in [-0.2, -0.15) is 0 Å². The lowest BCUT2D eigenvalue weighted by Crippen LogP contribution is -2.41. The van der Waals surface area contributed by atoms with E-state index in [1.165, 1.54) is 0 Å². The van der Waals surface area contributed by atoms with Crippen LogP contribution < -0.4 is 10.6 Å². The first-order valence-electron chi connectivity index (χ1n) is 5.79. The average molecular weight is 214 g/mol. The van der Waals surface area contributed by atoms with Crippen molar-refractivity contribution < 1.29 is 9.53 Å². The monoisotopic (exact) mass is 214 g/mol. The molecule has 0 saturated carbocycles. The molecule has 2 N–H and O–H groups in total. The average Bonchev–Trinajstić information content (AvgIpc) is 2.69. The molecule has 88 valence electrons. The van der Waals surface area contributed by atoms with Gasteiger partial charge in [0.15, 0.2) is 0 Å². The summed E-state index contributed by atoms with van der Waals surface area (Å²) >= 11 is 0. The third kappa shape index (κ3) is 5.14. The van der Waals surface area contributed by atoms with Crippen LogP contribution in [0.15, 0.2) is 0 Å². The molecule has 1 heterocycles. The van der Waals surface area contributed by atoms with Crippen LogP contribution in [0.5, 0.6) is 0 Å². The van der Waals surface area contributed by atoms with Gasteiger partial charge in [0.1, 0.15) is 0 Å².